The summed E-state index contributed by atoms with van der Waals surface area (Å²) in [5, 5.41) is 15.3. The molecule has 0 aliphatic heterocycles. The monoisotopic (exact) mass is 616 g/mol. The van der Waals surface area contributed by atoms with Crippen molar-refractivity contribution in [1.82, 2.24) is 5.32 Å². The molecule has 2 saturated carbocycles. The van der Waals surface area contributed by atoms with Crippen molar-refractivity contribution in [2.45, 2.75) is 74.1 Å². The maximum absolute atomic E-state index is 14.8. The van der Waals surface area contributed by atoms with Crippen LogP contribution in [0.25, 0.3) is 0 Å². The first-order valence-electron chi connectivity index (χ1n) is 13.4. The first-order chi connectivity index (χ1) is 19.7. The lowest BCUT2D eigenvalue weighted by Gasteiger charge is -2.27. The molecule has 2 aliphatic rings. The highest BCUT2D eigenvalue weighted by Crippen LogP contribution is 2.35. The van der Waals surface area contributed by atoms with Crippen LogP contribution in [-0.4, -0.2) is 56.2 Å². The largest absolute Gasteiger partial charge is 0.501 e. The third-order valence-corrected chi connectivity index (χ3v) is 9.15. The van der Waals surface area contributed by atoms with Crippen molar-refractivity contribution in [1.29, 1.82) is 0 Å². The number of carbonyl (C=O) groups excluding carboxylic acids is 2. The van der Waals surface area contributed by atoms with Crippen LogP contribution in [0.15, 0.2) is 41.3 Å². The van der Waals surface area contributed by atoms with Crippen LogP contribution in [-0.2, 0) is 14.6 Å². The quantitative estimate of drug-likeness (QED) is 0.370. The van der Waals surface area contributed by atoms with Crippen LogP contribution in [0.3, 0.4) is 0 Å². The van der Waals surface area contributed by atoms with E-state index in [4.69, 9.17) is 9.47 Å². The van der Waals surface area contributed by atoms with Gasteiger partial charge in [0.05, 0.1) is 35.7 Å². The molecule has 2 fully saturated rings. The number of sulfone groups is 1. The fourth-order valence-corrected chi connectivity index (χ4v) is 6.12. The second-order valence-electron chi connectivity index (χ2n) is 10.8. The Hall–Kier alpha value is -3.39. The van der Waals surface area contributed by atoms with Gasteiger partial charge < -0.3 is 25.2 Å². The molecule has 2 aromatic rings. The Bertz CT molecular complexity index is 1430. The smallest absolute Gasteiger partial charge is 0.496 e. The predicted molar refractivity (Wildman–Crippen MR) is 143 cm³/mol. The lowest BCUT2D eigenvalue weighted by molar-refractivity contribution is -0.120. The zero-order chi connectivity index (χ0) is 30.8. The van der Waals surface area contributed by atoms with Crippen LogP contribution in [0.1, 0.15) is 55.8 Å². The van der Waals surface area contributed by atoms with Gasteiger partial charge in [0.1, 0.15) is 5.75 Å². The molecule has 2 aliphatic carbocycles. The van der Waals surface area contributed by atoms with Crippen molar-refractivity contribution in [3.63, 3.8) is 0 Å². The zero-order valence-electron chi connectivity index (χ0n) is 22.9. The number of ether oxygens (including phenoxy) is 2. The van der Waals surface area contributed by atoms with Gasteiger partial charge in [0.25, 0.3) is 15.7 Å². The van der Waals surface area contributed by atoms with Gasteiger partial charge in [0.2, 0.25) is 5.91 Å². The maximum atomic E-state index is 14.8. The van der Waals surface area contributed by atoms with Crippen molar-refractivity contribution in [2.24, 2.45) is 11.8 Å². The lowest BCUT2D eigenvalue weighted by atomic mass is 9.89. The summed E-state index contributed by atoms with van der Waals surface area (Å²) in [5.74, 6) is -2.82. The van der Waals surface area contributed by atoms with Crippen LogP contribution >= 0.6 is 0 Å². The van der Waals surface area contributed by atoms with Gasteiger partial charge in [-0.05, 0) is 68.7 Å². The molecule has 230 valence electrons. The minimum absolute atomic E-state index is 0.0144. The number of hydrogen-bond donors (Lipinski definition) is 3. The van der Waals surface area contributed by atoms with Gasteiger partial charge >= 0.3 is 5.51 Å². The number of aliphatic hydroxyl groups is 1. The average Bonchev–Trinajstić information content (AvgIpc) is 3.30. The molecule has 9 nitrogen and oxygen atoms in total. The van der Waals surface area contributed by atoms with E-state index in [0.717, 1.165) is 43.9 Å². The van der Waals surface area contributed by atoms with E-state index in [9.17, 15) is 40.7 Å². The number of halogens is 4. The summed E-state index contributed by atoms with van der Waals surface area (Å²) >= 11 is 0. The molecule has 4 rings (SSSR count). The maximum Gasteiger partial charge on any atom is 0.501 e. The minimum atomic E-state index is -5.64. The second-order valence-corrected chi connectivity index (χ2v) is 12.7. The van der Waals surface area contributed by atoms with E-state index < -0.39 is 55.9 Å². The third kappa shape index (κ3) is 6.97. The molecule has 0 spiro atoms. The van der Waals surface area contributed by atoms with Crippen molar-refractivity contribution in [3.05, 3.63) is 47.8 Å². The van der Waals surface area contributed by atoms with Crippen molar-refractivity contribution < 1.29 is 50.1 Å². The van der Waals surface area contributed by atoms with E-state index in [1.54, 1.807) is 0 Å². The van der Waals surface area contributed by atoms with Gasteiger partial charge in [0.15, 0.2) is 11.6 Å². The molecule has 0 saturated heterocycles. The molecule has 14 heteroatoms. The van der Waals surface area contributed by atoms with Crippen LogP contribution < -0.4 is 20.1 Å². The summed E-state index contributed by atoms with van der Waals surface area (Å²) in [6, 6.07) is 5.05. The van der Waals surface area contributed by atoms with Crippen molar-refractivity contribution >= 4 is 27.3 Å². The molecule has 2 aromatic carbocycles. The van der Waals surface area contributed by atoms with E-state index in [0.29, 0.717) is 12.0 Å². The summed E-state index contributed by atoms with van der Waals surface area (Å²) in [6.45, 7) is 2.13. The SMILES string of the molecule is COc1cc(F)c(O[C@H]2CC[C@@H](C)CC2)cc1C(=O)N[C@@H]1C[C@H](O)C[C@@H]1C(=O)Nc1cccc(S(=O)(=O)C(F)(F)F)c1. The van der Waals surface area contributed by atoms with E-state index >= 15 is 0 Å². The van der Waals surface area contributed by atoms with Gasteiger partial charge in [-0.1, -0.05) is 13.0 Å². The number of carbonyl (C=O) groups is 2. The molecule has 0 radical (unpaired) electrons. The van der Waals surface area contributed by atoms with E-state index in [1.165, 1.54) is 19.2 Å². The van der Waals surface area contributed by atoms with Gasteiger partial charge in [-0.25, -0.2) is 12.8 Å². The highest BCUT2D eigenvalue weighted by atomic mass is 32.2. The molecule has 3 N–H and O–H groups in total. The Labute approximate surface area is 240 Å². The molecule has 0 aromatic heterocycles. The third-order valence-electron chi connectivity index (χ3n) is 7.66. The first kappa shape index (κ1) is 31.5. The molecular formula is C28H32F4N2O7S. The van der Waals surface area contributed by atoms with Gasteiger partial charge in [0, 0.05) is 17.8 Å². The summed E-state index contributed by atoms with van der Waals surface area (Å²) in [4.78, 5) is 25.3. The summed E-state index contributed by atoms with van der Waals surface area (Å²) in [5.41, 5.74) is -5.79. The molecular weight excluding hydrogens is 584 g/mol. The highest BCUT2D eigenvalue weighted by Gasteiger charge is 2.47. The number of amides is 2. The second kappa shape index (κ2) is 12.5. The molecule has 0 bridgehead atoms. The zero-order valence-corrected chi connectivity index (χ0v) is 23.7. The number of nitrogens with one attached hydrogen (secondary N) is 2. The van der Waals surface area contributed by atoms with Crippen molar-refractivity contribution in [3.8, 4) is 11.5 Å². The Balaban J connectivity index is 1.50. The average molecular weight is 617 g/mol. The number of benzene rings is 2. The summed E-state index contributed by atoms with van der Waals surface area (Å²) in [6.07, 6.45) is 2.09. The summed E-state index contributed by atoms with van der Waals surface area (Å²) in [7, 11) is -4.38. The van der Waals surface area contributed by atoms with Crippen LogP contribution in [0, 0.1) is 17.7 Å². The predicted octanol–water partition coefficient (Wildman–Crippen LogP) is 4.59. The highest BCUT2D eigenvalue weighted by molar-refractivity contribution is 7.92. The standard InChI is InChI=1S/C28H32F4N2O7S/c1-15-6-8-18(9-7-15)41-25-13-21(24(40-2)14-22(25)29)27(37)34-23-12-17(35)11-20(23)26(36)33-16-4-3-5-19(10-16)42(38,39)28(30,31)32/h3-5,10,13-15,17-18,20,23,35H,6-9,11-12H2,1-2H3,(H,33,36)(H,34,37)/t15-,17-,18+,20+,23-/m1/s1. The minimum Gasteiger partial charge on any atom is -0.496 e. The van der Waals surface area contributed by atoms with Crippen LogP contribution in [0.5, 0.6) is 11.5 Å². The fourth-order valence-electron chi connectivity index (χ4n) is 5.31. The number of methoxy groups -OCH3 is 1. The Morgan fingerprint density at radius 1 is 1.02 bits per heavy atom. The number of alkyl halides is 3. The Morgan fingerprint density at radius 3 is 2.36 bits per heavy atom. The molecule has 2 amide bonds. The first-order valence-corrected chi connectivity index (χ1v) is 14.9. The normalized spacial score (nSPS) is 24.6. The Kier molecular flexibility index (Phi) is 9.36. The number of rotatable bonds is 8. The van der Waals surface area contributed by atoms with E-state index in [1.807, 2.05) is 0 Å². The molecule has 0 heterocycles. The van der Waals surface area contributed by atoms with Gasteiger partial charge in [-0.2, -0.15) is 13.2 Å². The van der Waals surface area contributed by atoms with Crippen LogP contribution in [0.4, 0.5) is 23.2 Å². The molecule has 42 heavy (non-hydrogen) atoms. The molecule has 3 atom stereocenters. The topological polar surface area (TPSA) is 131 Å². The van der Waals surface area contributed by atoms with E-state index in [2.05, 4.69) is 17.6 Å². The van der Waals surface area contributed by atoms with Gasteiger partial charge in [-0.3, -0.25) is 9.59 Å². The van der Waals surface area contributed by atoms with Crippen molar-refractivity contribution in [2.75, 3.05) is 12.4 Å². The number of hydrogen-bond acceptors (Lipinski definition) is 7. The van der Waals surface area contributed by atoms with E-state index in [-0.39, 0.29) is 41.7 Å². The Morgan fingerprint density at radius 2 is 1.71 bits per heavy atom. The fraction of sp³-hybridized carbons (Fsp3) is 0.500. The number of anilines is 1. The van der Waals surface area contributed by atoms with Gasteiger partial charge in [-0.15, -0.1) is 0 Å². The lowest BCUT2D eigenvalue weighted by Crippen LogP contribution is -2.42. The van der Waals surface area contributed by atoms with Crippen LogP contribution in [0.2, 0.25) is 0 Å². The molecule has 0 unspecified atom stereocenters. The number of aliphatic hydroxyl groups excluding tert-OH is 1. The summed E-state index contributed by atoms with van der Waals surface area (Å²) < 4.78 is 88.3.